The molecule has 2 N–H and O–H groups in total. The van der Waals surface area contributed by atoms with Gasteiger partial charge in [0.1, 0.15) is 5.56 Å². The van der Waals surface area contributed by atoms with E-state index in [1.807, 2.05) is 0 Å². The molecular weight excluding hydrogens is 300 g/mol. The molecule has 114 valence electrons. The number of amides is 1. The van der Waals surface area contributed by atoms with Crippen molar-refractivity contribution >= 4 is 28.4 Å². The van der Waals surface area contributed by atoms with E-state index in [4.69, 9.17) is 0 Å². The molecule has 0 radical (unpaired) electrons. The quantitative estimate of drug-likeness (QED) is 0.567. The first-order valence-electron chi connectivity index (χ1n) is 6.60. The molecule has 23 heavy (non-hydrogen) atoms. The molecule has 0 unspecified atom stereocenters. The summed E-state index contributed by atoms with van der Waals surface area (Å²) in [5, 5.41) is 13.7. The van der Waals surface area contributed by atoms with Gasteiger partial charge in [0.05, 0.1) is 15.8 Å². The van der Waals surface area contributed by atoms with Crippen LogP contribution in [0, 0.1) is 10.1 Å². The van der Waals surface area contributed by atoms with E-state index >= 15 is 0 Å². The zero-order valence-electron chi connectivity index (χ0n) is 11.6. The highest BCUT2D eigenvalue weighted by Gasteiger charge is 2.20. The molecule has 1 amide bonds. The van der Waals surface area contributed by atoms with Crippen LogP contribution in [0.15, 0.2) is 53.3 Å². The smallest absolute Gasteiger partial charge is 0.282 e. The second kappa shape index (κ2) is 5.68. The van der Waals surface area contributed by atoms with E-state index in [1.165, 1.54) is 24.3 Å². The minimum atomic E-state index is -0.726. The van der Waals surface area contributed by atoms with Crippen LogP contribution in [0.4, 0.5) is 11.6 Å². The number of hydrogen-bond acceptors (Lipinski definition) is 5. The molecule has 0 saturated heterocycles. The molecule has 0 spiro atoms. The van der Waals surface area contributed by atoms with Crippen LogP contribution < -0.4 is 10.9 Å². The first-order chi connectivity index (χ1) is 11.1. The maximum atomic E-state index is 12.2. The highest BCUT2D eigenvalue weighted by Crippen LogP contribution is 2.18. The van der Waals surface area contributed by atoms with Gasteiger partial charge in [-0.1, -0.05) is 24.3 Å². The third kappa shape index (κ3) is 2.77. The number of carbonyl (C=O) groups excluding carboxylic acids is 1. The van der Waals surface area contributed by atoms with Crippen LogP contribution >= 0.6 is 0 Å². The second-order valence-corrected chi connectivity index (χ2v) is 4.66. The number of carbonyl (C=O) groups is 1. The van der Waals surface area contributed by atoms with Crippen molar-refractivity contribution in [2.24, 2.45) is 0 Å². The van der Waals surface area contributed by atoms with E-state index in [1.54, 1.807) is 24.3 Å². The van der Waals surface area contributed by atoms with Crippen LogP contribution in [0.3, 0.4) is 0 Å². The lowest BCUT2D eigenvalue weighted by atomic mass is 10.1. The van der Waals surface area contributed by atoms with Gasteiger partial charge in [0.15, 0.2) is 0 Å². The molecule has 0 aliphatic rings. The number of nitrogens with zero attached hydrogens (tertiary/aromatic N) is 2. The number of benzene rings is 2. The van der Waals surface area contributed by atoms with Gasteiger partial charge in [0.2, 0.25) is 5.95 Å². The lowest BCUT2D eigenvalue weighted by molar-refractivity contribution is -0.385. The Bertz CT molecular complexity index is 980. The molecule has 1 aromatic heterocycles. The van der Waals surface area contributed by atoms with Crippen LogP contribution in [0.25, 0.3) is 10.9 Å². The van der Waals surface area contributed by atoms with E-state index in [0.717, 1.165) is 0 Å². The van der Waals surface area contributed by atoms with E-state index in [-0.39, 0.29) is 17.2 Å². The Hall–Kier alpha value is -3.55. The number of rotatable bonds is 3. The van der Waals surface area contributed by atoms with E-state index < -0.39 is 16.4 Å². The van der Waals surface area contributed by atoms with Crippen LogP contribution in [-0.4, -0.2) is 20.8 Å². The average Bonchev–Trinajstić information content (AvgIpc) is 2.55. The lowest BCUT2D eigenvalue weighted by Gasteiger charge is -2.06. The summed E-state index contributed by atoms with van der Waals surface area (Å²) in [7, 11) is 0. The standard InChI is InChI=1S/C15H10N4O4/c20-13-9-5-1-3-7-11(9)16-15(17-13)18-14(21)10-6-2-4-8-12(10)19(22)23/h1-8H,(H2,16,17,18,20,21). The van der Waals surface area contributed by atoms with Gasteiger partial charge in [0, 0.05) is 6.07 Å². The Morgan fingerprint density at radius 3 is 2.61 bits per heavy atom. The molecule has 0 fully saturated rings. The number of fused-ring (bicyclic) bond motifs is 1. The molecule has 0 aliphatic heterocycles. The fourth-order valence-electron chi connectivity index (χ4n) is 2.15. The topological polar surface area (TPSA) is 118 Å². The zero-order valence-corrected chi connectivity index (χ0v) is 11.6. The summed E-state index contributed by atoms with van der Waals surface area (Å²) in [4.78, 5) is 41.0. The van der Waals surface area contributed by atoms with Crippen molar-refractivity contribution in [3.8, 4) is 0 Å². The van der Waals surface area contributed by atoms with Crippen LogP contribution in [-0.2, 0) is 0 Å². The van der Waals surface area contributed by atoms with Crippen LogP contribution in [0.1, 0.15) is 10.4 Å². The molecular formula is C15H10N4O4. The van der Waals surface area contributed by atoms with Gasteiger partial charge in [-0.25, -0.2) is 4.98 Å². The van der Waals surface area contributed by atoms with Crippen molar-refractivity contribution < 1.29 is 9.72 Å². The van der Waals surface area contributed by atoms with E-state index in [2.05, 4.69) is 15.3 Å². The molecule has 2 aromatic carbocycles. The Morgan fingerprint density at radius 1 is 1.13 bits per heavy atom. The van der Waals surface area contributed by atoms with Crippen molar-refractivity contribution in [2.45, 2.75) is 0 Å². The Kier molecular flexibility index (Phi) is 3.55. The summed E-state index contributed by atoms with van der Waals surface area (Å²) in [6, 6.07) is 12.2. The second-order valence-electron chi connectivity index (χ2n) is 4.66. The fourth-order valence-corrected chi connectivity index (χ4v) is 2.15. The Labute approximate surface area is 129 Å². The largest absolute Gasteiger partial charge is 0.292 e. The first-order valence-corrected chi connectivity index (χ1v) is 6.60. The maximum absolute atomic E-state index is 12.2. The molecule has 0 aliphatic carbocycles. The number of aromatic amines is 1. The highest BCUT2D eigenvalue weighted by atomic mass is 16.6. The van der Waals surface area contributed by atoms with Gasteiger partial charge in [0.25, 0.3) is 17.2 Å². The summed E-state index contributed by atoms with van der Waals surface area (Å²) >= 11 is 0. The minimum absolute atomic E-state index is 0.0724. The van der Waals surface area contributed by atoms with Crippen LogP contribution in [0.2, 0.25) is 0 Å². The third-order valence-electron chi connectivity index (χ3n) is 3.19. The number of nitro benzene ring substituents is 1. The van der Waals surface area contributed by atoms with Gasteiger partial charge in [-0.2, -0.15) is 0 Å². The number of para-hydroxylation sites is 2. The SMILES string of the molecule is O=C(Nc1nc2ccccc2c(=O)[nH]1)c1ccccc1[N+](=O)[O-]. The molecule has 0 saturated carbocycles. The number of anilines is 1. The monoisotopic (exact) mass is 310 g/mol. The van der Waals surface area contributed by atoms with Gasteiger partial charge < -0.3 is 0 Å². The van der Waals surface area contributed by atoms with Gasteiger partial charge in [-0.3, -0.25) is 30.0 Å². The molecule has 3 aromatic rings. The van der Waals surface area contributed by atoms with Crippen molar-refractivity contribution in [3.05, 3.63) is 74.6 Å². The summed E-state index contributed by atoms with van der Waals surface area (Å²) in [5.41, 5.74) is -0.441. The van der Waals surface area contributed by atoms with Gasteiger partial charge >= 0.3 is 0 Å². The molecule has 1 heterocycles. The summed E-state index contributed by atoms with van der Waals surface area (Å²) in [6.07, 6.45) is 0. The number of nitrogens with one attached hydrogen (secondary N) is 2. The van der Waals surface area contributed by atoms with Crippen LogP contribution in [0.5, 0.6) is 0 Å². The average molecular weight is 310 g/mol. The highest BCUT2D eigenvalue weighted by molar-refractivity contribution is 6.06. The van der Waals surface area contributed by atoms with Crippen molar-refractivity contribution in [2.75, 3.05) is 5.32 Å². The third-order valence-corrected chi connectivity index (χ3v) is 3.19. The van der Waals surface area contributed by atoms with E-state index in [9.17, 15) is 19.7 Å². The predicted molar refractivity (Wildman–Crippen MR) is 83.4 cm³/mol. The zero-order chi connectivity index (χ0) is 16.4. The summed E-state index contributed by atoms with van der Waals surface area (Å²) in [5.74, 6) is -0.799. The molecule has 8 heteroatoms. The lowest BCUT2D eigenvalue weighted by Crippen LogP contribution is -2.19. The molecule has 3 rings (SSSR count). The summed E-state index contributed by atoms with van der Waals surface area (Å²) in [6.45, 7) is 0. The predicted octanol–water partition coefficient (Wildman–Crippen LogP) is 2.08. The van der Waals surface area contributed by atoms with Crippen molar-refractivity contribution in [1.82, 2.24) is 9.97 Å². The molecule has 8 nitrogen and oxygen atoms in total. The molecule has 0 bridgehead atoms. The van der Waals surface area contributed by atoms with Crippen molar-refractivity contribution in [3.63, 3.8) is 0 Å². The minimum Gasteiger partial charge on any atom is -0.292 e. The fraction of sp³-hybridized carbons (Fsp3) is 0. The number of aromatic nitrogens is 2. The number of H-pyrrole nitrogens is 1. The summed E-state index contributed by atoms with van der Waals surface area (Å²) < 4.78 is 0. The first kappa shape index (κ1) is 14.4. The van der Waals surface area contributed by atoms with E-state index in [0.29, 0.717) is 10.9 Å². The van der Waals surface area contributed by atoms with Crippen molar-refractivity contribution in [1.29, 1.82) is 0 Å². The maximum Gasteiger partial charge on any atom is 0.282 e. The molecule has 0 atom stereocenters. The van der Waals surface area contributed by atoms with Gasteiger partial charge in [-0.15, -0.1) is 0 Å². The number of hydrogen-bond donors (Lipinski definition) is 2. The van der Waals surface area contributed by atoms with Gasteiger partial charge in [-0.05, 0) is 18.2 Å². The Balaban J connectivity index is 1.98. The number of nitro groups is 1. The Morgan fingerprint density at radius 2 is 1.83 bits per heavy atom. The normalized spacial score (nSPS) is 10.4.